The fourth-order valence-corrected chi connectivity index (χ4v) is 4.06. The number of fused-ring (bicyclic) bond motifs is 1. The lowest BCUT2D eigenvalue weighted by Gasteiger charge is -2.13. The maximum absolute atomic E-state index is 6.09. The van der Waals surface area contributed by atoms with Crippen molar-refractivity contribution in [2.45, 2.75) is 16.6 Å². The van der Waals surface area contributed by atoms with Gasteiger partial charge in [0, 0.05) is 22.4 Å². The summed E-state index contributed by atoms with van der Waals surface area (Å²) in [6.45, 7) is 0.943. The summed E-state index contributed by atoms with van der Waals surface area (Å²) in [5.74, 6) is 0. The summed E-state index contributed by atoms with van der Waals surface area (Å²) in [5, 5.41) is 4.81. The largest absolute Gasteiger partial charge is 0.383 e. The van der Waals surface area contributed by atoms with Gasteiger partial charge in [0.25, 0.3) is 0 Å². The van der Waals surface area contributed by atoms with Crippen molar-refractivity contribution in [3.05, 3.63) is 57.5 Å². The Balaban J connectivity index is 1.64. The first-order valence-electron chi connectivity index (χ1n) is 6.16. The predicted molar refractivity (Wildman–Crippen MR) is 87.4 cm³/mol. The number of anilines is 1. The number of hydrogen-bond donors (Lipinski definition) is 1. The van der Waals surface area contributed by atoms with Crippen LogP contribution < -0.4 is 5.32 Å². The van der Waals surface area contributed by atoms with Gasteiger partial charge in [-0.3, -0.25) is 0 Å². The van der Waals surface area contributed by atoms with Gasteiger partial charge in [-0.2, -0.15) is 0 Å². The van der Waals surface area contributed by atoms with Crippen molar-refractivity contribution in [3.8, 4) is 0 Å². The SMILES string of the molecule is Clc1cccc(NCC2Cc3ccccc3S2)c1Br. The summed E-state index contributed by atoms with van der Waals surface area (Å²) in [4.78, 5) is 1.42. The van der Waals surface area contributed by atoms with E-state index in [0.717, 1.165) is 28.1 Å². The monoisotopic (exact) mass is 353 g/mol. The summed E-state index contributed by atoms with van der Waals surface area (Å²) in [6, 6.07) is 14.5. The fourth-order valence-electron chi connectivity index (χ4n) is 2.23. The molecule has 0 saturated heterocycles. The lowest BCUT2D eigenvalue weighted by atomic mass is 10.1. The van der Waals surface area contributed by atoms with E-state index in [0.29, 0.717) is 5.25 Å². The maximum Gasteiger partial charge on any atom is 0.0593 e. The van der Waals surface area contributed by atoms with Gasteiger partial charge in [0.15, 0.2) is 0 Å². The number of rotatable bonds is 3. The third kappa shape index (κ3) is 2.93. The minimum Gasteiger partial charge on any atom is -0.383 e. The molecule has 4 heteroatoms. The molecule has 0 saturated carbocycles. The lowest BCUT2D eigenvalue weighted by molar-refractivity contribution is 0.899. The first kappa shape index (κ1) is 13.3. The molecule has 1 aliphatic heterocycles. The zero-order valence-electron chi connectivity index (χ0n) is 10.2. The van der Waals surface area contributed by atoms with E-state index in [1.54, 1.807) is 0 Å². The number of halogens is 2. The summed E-state index contributed by atoms with van der Waals surface area (Å²) in [5.41, 5.74) is 2.52. The van der Waals surface area contributed by atoms with Crippen molar-refractivity contribution in [3.63, 3.8) is 0 Å². The highest BCUT2D eigenvalue weighted by molar-refractivity contribution is 9.10. The van der Waals surface area contributed by atoms with Gasteiger partial charge in [0.1, 0.15) is 0 Å². The lowest BCUT2D eigenvalue weighted by Crippen LogP contribution is -2.16. The van der Waals surface area contributed by atoms with E-state index in [4.69, 9.17) is 11.6 Å². The van der Waals surface area contributed by atoms with Crippen LogP contribution in [0.4, 0.5) is 5.69 Å². The van der Waals surface area contributed by atoms with Crippen LogP contribution in [0.15, 0.2) is 51.8 Å². The van der Waals surface area contributed by atoms with Crippen molar-refractivity contribution in [2.75, 3.05) is 11.9 Å². The van der Waals surface area contributed by atoms with Gasteiger partial charge in [-0.05, 0) is 46.1 Å². The molecule has 0 amide bonds. The Morgan fingerprint density at radius 1 is 1.21 bits per heavy atom. The molecular weight excluding hydrogens is 342 g/mol. The van der Waals surface area contributed by atoms with Gasteiger partial charge in [-0.15, -0.1) is 11.8 Å². The van der Waals surface area contributed by atoms with Crippen LogP contribution in [0, 0.1) is 0 Å². The Kier molecular flexibility index (Phi) is 4.06. The highest BCUT2D eigenvalue weighted by Gasteiger charge is 2.21. The van der Waals surface area contributed by atoms with Crippen LogP contribution >= 0.6 is 39.3 Å². The molecular formula is C15H13BrClNS. The van der Waals surface area contributed by atoms with Crippen LogP contribution in [0.1, 0.15) is 5.56 Å². The standard InChI is InChI=1S/C15H13BrClNS/c16-15-12(17)5-3-6-13(15)18-9-11-8-10-4-1-2-7-14(10)19-11/h1-7,11,18H,8-9H2. The van der Waals surface area contributed by atoms with Gasteiger partial charge in [0.2, 0.25) is 0 Å². The van der Waals surface area contributed by atoms with E-state index in [2.05, 4.69) is 45.5 Å². The smallest absolute Gasteiger partial charge is 0.0593 e. The number of thioether (sulfide) groups is 1. The first-order valence-corrected chi connectivity index (χ1v) is 8.21. The Bertz CT molecular complexity index is 577. The molecule has 0 aliphatic carbocycles. The van der Waals surface area contributed by atoms with Gasteiger partial charge in [-0.1, -0.05) is 35.9 Å². The van der Waals surface area contributed by atoms with Crippen LogP contribution in [0.3, 0.4) is 0 Å². The van der Waals surface area contributed by atoms with Gasteiger partial charge < -0.3 is 5.32 Å². The van der Waals surface area contributed by atoms with Crippen molar-refractivity contribution in [1.82, 2.24) is 0 Å². The summed E-state index contributed by atoms with van der Waals surface area (Å²) in [6.07, 6.45) is 1.13. The zero-order chi connectivity index (χ0) is 13.2. The highest BCUT2D eigenvalue weighted by atomic mass is 79.9. The number of hydrogen-bond acceptors (Lipinski definition) is 2. The second-order valence-corrected chi connectivity index (χ2v) is 7.08. The fraction of sp³-hybridized carbons (Fsp3) is 0.200. The minimum atomic E-state index is 0.586. The van der Waals surface area contributed by atoms with Crippen LogP contribution in [0.5, 0.6) is 0 Å². The Labute approximate surface area is 130 Å². The van der Waals surface area contributed by atoms with Crippen LogP contribution in [-0.4, -0.2) is 11.8 Å². The maximum atomic E-state index is 6.09. The second kappa shape index (κ2) is 5.78. The summed E-state index contributed by atoms with van der Waals surface area (Å²) in [7, 11) is 0. The van der Waals surface area contributed by atoms with Crippen molar-refractivity contribution in [1.29, 1.82) is 0 Å². The van der Waals surface area contributed by atoms with E-state index in [-0.39, 0.29) is 0 Å². The number of benzene rings is 2. The van der Waals surface area contributed by atoms with E-state index < -0.39 is 0 Å². The minimum absolute atomic E-state index is 0.586. The molecule has 1 unspecified atom stereocenters. The van der Waals surface area contributed by atoms with Crippen LogP contribution in [-0.2, 0) is 6.42 Å². The molecule has 1 nitrogen and oxygen atoms in total. The molecule has 0 aromatic heterocycles. The average molecular weight is 355 g/mol. The number of nitrogens with one attached hydrogen (secondary N) is 1. The summed E-state index contributed by atoms with van der Waals surface area (Å²) < 4.78 is 0.942. The molecule has 1 N–H and O–H groups in total. The quantitative estimate of drug-likeness (QED) is 0.810. The molecule has 0 radical (unpaired) electrons. The topological polar surface area (TPSA) is 12.0 Å². The van der Waals surface area contributed by atoms with Crippen molar-refractivity contribution < 1.29 is 0 Å². The Morgan fingerprint density at radius 3 is 2.89 bits per heavy atom. The molecule has 2 aromatic rings. The third-order valence-electron chi connectivity index (χ3n) is 3.19. The van der Waals surface area contributed by atoms with Gasteiger partial charge in [-0.25, -0.2) is 0 Å². The van der Waals surface area contributed by atoms with E-state index in [1.807, 2.05) is 30.0 Å². The molecule has 1 aliphatic rings. The van der Waals surface area contributed by atoms with Gasteiger partial charge in [0.05, 0.1) is 9.50 Å². The third-order valence-corrected chi connectivity index (χ3v) is 5.90. The van der Waals surface area contributed by atoms with Gasteiger partial charge >= 0.3 is 0 Å². The molecule has 0 bridgehead atoms. The van der Waals surface area contributed by atoms with Crippen molar-refractivity contribution >= 4 is 45.0 Å². The second-order valence-electron chi connectivity index (χ2n) is 4.53. The predicted octanol–water partition coefficient (Wildman–Crippen LogP) is 5.23. The normalized spacial score (nSPS) is 17.3. The Hall–Kier alpha value is -0.640. The van der Waals surface area contributed by atoms with Crippen molar-refractivity contribution in [2.24, 2.45) is 0 Å². The van der Waals surface area contributed by atoms with Crippen LogP contribution in [0.25, 0.3) is 0 Å². The highest BCUT2D eigenvalue weighted by Crippen LogP contribution is 2.37. The van der Waals surface area contributed by atoms with E-state index in [9.17, 15) is 0 Å². The molecule has 3 rings (SSSR count). The molecule has 0 spiro atoms. The van der Waals surface area contributed by atoms with E-state index >= 15 is 0 Å². The molecule has 1 atom stereocenters. The molecule has 0 fully saturated rings. The molecule has 1 heterocycles. The first-order chi connectivity index (χ1) is 9.24. The average Bonchev–Trinajstić information content (AvgIpc) is 2.83. The van der Waals surface area contributed by atoms with E-state index in [1.165, 1.54) is 10.5 Å². The zero-order valence-corrected chi connectivity index (χ0v) is 13.4. The molecule has 98 valence electrons. The Morgan fingerprint density at radius 2 is 2.05 bits per heavy atom. The van der Waals surface area contributed by atoms with Crippen LogP contribution in [0.2, 0.25) is 5.02 Å². The summed E-state index contributed by atoms with van der Waals surface area (Å²) >= 11 is 11.6. The molecule has 2 aromatic carbocycles. The molecule has 19 heavy (non-hydrogen) atoms.